The molecule has 2 rings (SSSR count). The summed E-state index contributed by atoms with van der Waals surface area (Å²) in [6.45, 7) is 4.17. The number of aryl methyl sites for hydroxylation is 1. The van der Waals surface area contributed by atoms with Crippen LogP contribution in [-0.4, -0.2) is 15.8 Å². The molecule has 1 aromatic carbocycles. The van der Waals surface area contributed by atoms with E-state index in [0.29, 0.717) is 6.04 Å². The minimum absolute atomic E-state index is 0.00759. The SMILES string of the molecule is CC(C)N[C@@H](c1ccc(F)cc1)c1ccn(C)n1. The van der Waals surface area contributed by atoms with Crippen molar-refractivity contribution >= 4 is 0 Å². The molecule has 3 nitrogen and oxygen atoms in total. The lowest BCUT2D eigenvalue weighted by Gasteiger charge is -2.20. The summed E-state index contributed by atoms with van der Waals surface area (Å²) in [6, 6.07) is 8.84. The van der Waals surface area contributed by atoms with Crippen molar-refractivity contribution in [2.75, 3.05) is 0 Å². The van der Waals surface area contributed by atoms with Gasteiger partial charge in [-0.1, -0.05) is 12.1 Å². The average Bonchev–Trinajstić information content (AvgIpc) is 2.74. The molecule has 0 spiro atoms. The fourth-order valence-corrected chi connectivity index (χ4v) is 1.93. The van der Waals surface area contributed by atoms with E-state index in [9.17, 15) is 4.39 Å². The second kappa shape index (κ2) is 5.31. The van der Waals surface area contributed by atoms with Gasteiger partial charge in [-0.15, -0.1) is 0 Å². The summed E-state index contributed by atoms with van der Waals surface area (Å²) < 4.78 is 14.8. The normalized spacial score (nSPS) is 12.9. The van der Waals surface area contributed by atoms with Crippen LogP contribution in [0.2, 0.25) is 0 Å². The van der Waals surface area contributed by atoms with Crippen molar-refractivity contribution in [2.24, 2.45) is 7.05 Å². The molecule has 1 N–H and O–H groups in total. The van der Waals surface area contributed by atoms with Gasteiger partial charge in [0.25, 0.3) is 0 Å². The summed E-state index contributed by atoms with van der Waals surface area (Å²) in [5.74, 6) is -0.219. The van der Waals surface area contributed by atoms with E-state index in [1.54, 1.807) is 16.8 Å². The molecule has 0 saturated heterocycles. The molecule has 1 atom stereocenters. The first-order valence-electron chi connectivity index (χ1n) is 6.07. The van der Waals surface area contributed by atoms with E-state index < -0.39 is 0 Å². The zero-order chi connectivity index (χ0) is 13.1. The maximum Gasteiger partial charge on any atom is 0.123 e. The Morgan fingerprint density at radius 1 is 1.17 bits per heavy atom. The van der Waals surface area contributed by atoms with Gasteiger partial charge in [0, 0.05) is 19.3 Å². The number of aromatic nitrogens is 2. The van der Waals surface area contributed by atoms with Crippen LogP contribution in [0.25, 0.3) is 0 Å². The second-order valence-electron chi connectivity index (χ2n) is 4.72. The molecule has 0 amide bonds. The summed E-state index contributed by atoms with van der Waals surface area (Å²) >= 11 is 0. The lowest BCUT2D eigenvalue weighted by Crippen LogP contribution is -2.29. The predicted octanol–water partition coefficient (Wildman–Crippen LogP) is 2.65. The largest absolute Gasteiger partial charge is 0.303 e. The van der Waals surface area contributed by atoms with Crippen molar-refractivity contribution < 1.29 is 4.39 Å². The van der Waals surface area contributed by atoms with Crippen molar-refractivity contribution in [3.63, 3.8) is 0 Å². The molecule has 4 heteroatoms. The third kappa shape index (κ3) is 2.96. The van der Waals surface area contributed by atoms with Crippen molar-refractivity contribution in [1.29, 1.82) is 0 Å². The fraction of sp³-hybridized carbons (Fsp3) is 0.357. The fourth-order valence-electron chi connectivity index (χ4n) is 1.93. The molecule has 1 heterocycles. The minimum Gasteiger partial charge on any atom is -0.303 e. The summed E-state index contributed by atoms with van der Waals surface area (Å²) in [5, 5.41) is 7.87. The van der Waals surface area contributed by atoms with Crippen LogP contribution in [0.3, 0.4) is 0 Å². The third-order valence-electron chi connectivity index (χ3n) is 2.73. The van der Waals surface area contributed by atoms with E-state index in [0.717, 1.165) is 11.3 Å². The Morgan fingerprint density at radius 3 is 2.33 bits per heavy atom. The van der Waals surface area contributed by atoms with E-state index in [2.05, 4.69) is 24.3 Å². The van der Waals surface area contributed by atoms with Crippen LogP contribution in [-0.2, 0) is 7.05 Å². The Morgan fingerprint density at radius 2 is 1.83 bits per heavy atom. The highest BCUT2D eigenvalue weighted by atomic mass is 19.1. The summed E-state index contributed by atoms with van der Waals surface area (Å²) in [6.07, 6.45) is 1.91. The highest BCUT2D eigenvalue weighted by Gasteiger charge is 2.17. The summed E-state index contributed by atoms with van der Waals surface area (Å²) in [5.41, 5.74) is 1.96. The zero-order valence-electron chi connectivity index (χ0n) is 10.9. The van der Waals surface area contributed by atoms with Gasteiger partial charge in [0.05, 0.1) is 11.7 Å². The zero-order valence-corrected chi connectivity index (χ0v) is 10.9. The van der Waals surface area contributed by atoms with E-state index in [1.807, 2.05) is 19.3 Å². The van der Waals surface area contributed by atoms with Gasteiger partial charge in [-0.2, -0.15) is 5.10 Å². The molecule has 96 valence electrons. The van der Waals surface area contributed by atoms with E-state index >= 15 is 0 Å². The maximum absolute atomic E-state index is 13.0. The number of hydrogen-bond acceptors (Lipinski definition) is 2. The standard InChI is InChI=1S/C14H18FN3/c1-10(2)16-14(13-8-9-18(3)17-13)11-4-6-12(15)7-5-11/h4-10,14,16H,1-3H3/t14-/m0/s1. The first-order valence-corrected chi connectivity index (χ1v) is 6.07. The smallest absolute Gasteiger partial charge is 0.123 e. The maximum atomic E-state index is 13.0. The molecular weight excluding hydrogens is 229 g/mol. The van der Waals surface area contributed by atoms with E-state index in [1.165, 1.54) is 12.1 Å². The number of halogens is 1. The Labute approximate surface area is 107 Å². The van der Waals surface area contributed by atoms with Crippen molar-refractivity contribution in [3.05, 3.63) is 53.6 Å². The molecular formula is C14H18FN3. The molecule has 1 aromatic heterocycles. The van der Waals surface area contributed by atoms with Crippen molar-refractivity contribution in [1.82, 2.24) is 15.1 Å². The number of hydrogen-bond donors (Lipinski definition) is 1. The minimum atomic E-state index is -0.219. The highest BCUT2D eigenvalue weighted by molar-refractivity contribution is 5.27. The van der Waals surface area contributed by atoms with Gasteiger partial charge in [-0.3, -0.25) is 4.68 Å². The van der Waals surface area contributed by atoms with Crippen LogP contribution in [0, 0.1) is 5.82 Å². The van der Waals surface area contributed by atoms with Crippen LogP contribution < -0.4 is 5.32 Å². The Kier molecular flexibility index (Phi) is 3.77. The number of nitrogens with zero attached hydrogens (tertiary/aromatic N) is 2. The lowest BCUT2D eigenvalue weighted by molar-refractivity contribution is 0.513. The number of benzene rings is 1. The van der Waals surface area contributed by atoms with E-state index in [4.69, 9.17) is 0 Å². The number of rotatable bonds is 4. The Hall–Kier alpha value is -1.68. The molecule has 0 radical (unpaired) electrons. The Balaban J connectivity index is 2.33. The first-order chi connectivity index (χ1) is 8.56. The van der Waals surface area contributed by atoms with Crippen LogP contribution in [0.5, 0.6) is 0 Å². The van der Waals surface area contributed by atoms with Crippen molar-refractivity contribution in [3.8, 4) is 0 Å². The molecule has 0 aliphatic heterocycles. The van der Waals surface area contributed by atoms with Crippen LogP contribution >= 0.6 is 0 Å². The molecule has 0 saturated carbocycles. The van der Waals surface area contributed by atoms with Gasteiger partial charge < -0.3 is 5.32 Å². The molecule has 0 aliphatic carbocycles. The molecule has 18 heavy (non-hydrogen) atoms. The second-order valence-corrected chi connectivity index (χ2v) is 4.72. The van der Waals surface area contributed by atoms with Gasteiger partial charge in [-0.05, 0) is 37.6 Å². The van der Waals surface area contributed by atoms with E-state index in [-0.39, 0.29) is 11.9 Å². The van der Waals surface area contributed by atoms with Gasteiger partial charge in [-0.25, -0.2) is 4.39 Å². The van der Waals surface area contributed by atoms with Gasteiger partial charge in [0.1, 0.15) is 5.82 Å². The Bertz CT molecular complexity index is 502. The first kappa shape index (κ1) is 12.8. The number of nitrogens with one attached hydrogen (secondary N) is 1. The lowest BCUT2D eigenvalue weighted by atomic mass is 10.0. The summed E-state index contributed by atoms with van der Waals surface area (Å²) in [7, 11) is 1.89. The van der Waals surface area contributed by atoms with Gasteiger partial charge in [0.15, 0.2) is 0 Å². The molecule has 0 aliphatic rings. The molecule has 0 unspecified atom stereocenters. The average molecular weight is 247 g/mol. The monoisotopic (exact) mass is 247 g/mol. The third-order valence-corrected chi connectivity index (χ3v) is 2.73. The summed E-state index contributed by atoms with van der Waals surface area (Å²) in [4.78, 5) is 0. The molecule has 0 bridgehead atoms. The van der Waals surface area contributed by atoms with Gasteiger partial charge in [0.2, 0.25) is 0 Å². The topological polar surface area (TPSA) is 29.9 Å². The highest BCUT2D eigenvalue weighted by Crippen LogP contribution is 2.21. The van der Waals surface area contributed by atoms with Crippen LogP contribution in [0.15, 0.2) is 36.5 Å². The van der Waals surface area contributed by atoms with Gasteiger partial charge >= 0.3 is 0 Å². The predicted molar refractivity (Wildman–Crippen MR) is 69.7 cm³/mol. The van der Waals surface area contributed by atoms with Crippen LogP contribution in [0.1, 0.15) is 31.1 Å². The van der Waals surface area contributed by atoms with Crippen molar-refractivity contribution in [2.45, 2.75) is 25.9 Å². The quantitative estimate of drug-likeness (QED) is 0.900. The molecule has 0 fully saturated rings. The van der Waals surface area contributed by atoms with Crippen LogP contribution in [0.4, 0.5) is 4.39 Å². The molecule has 2 aromatic rings.